The topological polar surface area (TPSA) is 94.9 Å². The van der Waals surface area contributed by atoms with E-state index in [-0.39, 0.29) is 17.0 Å². The minimum atomic E-state index is -3.86. The maximum atomic E-state index is 12.8. The largest absolute Gasteiger partial charge is 0.478 e. The molecule has 7 heteroatoms. The highest BCUT2D eigenvalue weighted by Gasteiger charge is 2.38. The SMILES string of the molecule is C[C@@H]1[C@H](O)CCN1S(=O)(=O)c1cc(C(=O)O)c2ccccc2c1. The van der Waals surface area contributed by atoms with Crippen molar-refractivity contribution in [3.63, 3.8) is 0 Å². The molecule has 2 N–H and O–H groups in total. The summed E-state index contributed by atoms with van der Waals surface area (Å²) >= 11 is 0. The second-order valence-electron chi connectivity index (χ2n) is 5.71. The first kappa shape index (κ1) is 15.9. The molecular formula is C16H17NO5S. The fraction of sp³-hybridized carbons (Fsp3) is 0.312. The Morgan fingerprint density at radius 2 is 1.96 bits per heavy atom. The maximum Gasteiger partial charge on any atom is 0.336 e. The summed E-state index contributed by atoms with van der Waals surface area (Å²) in [5.74, 6) is -1.17. The third-order valence-electron chi connectivity index (χ3n) is 4.33. The molecule has 1 saturated heterocycles. The van der Waals surface area contributed by atoms with Crippen LogP contribution in [0.2, 0.25) is 0 Å². The predicted molar refractivity (Wildman–Crippen MR) is 84.9 cm³/mol. The van der Waals surface area contributed by atoms with Crippen molar-refractivity contribution in [2.24, 2.45) is 0 Å². The average molecular weight is 335 g/mol. The lowest BCUT2D eigenvalue weighted by Crippen LogP contribution is -2.37. The van der Waals surface area contributed by atoms with E-state index in [0.29, 0.717) is 17.2 Å². The van der Waals surface area contributed by atoms with Crippen LogP contribution >= 0.6 is 0 Å². The molecule has 1 aliphatic rings. The van der Waals surface area contributed by atoms with Crippen LogP contribution in [-0.4, -0.2) is 47.6 Å². The van der Waals surface area contributed by atoms with E-state index >= 15 is 0 Å². The van der Waals surface area contributed by atoms with Crippen LogP contribution in [0, 0.1) is 0 Å². The first-order valence-electron chi connectivity index (χ1n) is 7.28. The fourth-order valence-electron chi connectivity index (χ4n) is 2.98. The van der Waals surface area contributed by atoms with Gasteiger partial charge in [-0.25, -0.2) is 13.2 Å². The second kappa shape index (κ2) is 5.59. The minimum absolute atomic E-state index is 0.0472. The van der Waals surface area contributed by atoms with Gasteiger partial charge in [0, 0.05) is 12.6 Å². The van der Waals surface area contributed by atoms with Crippen molar-refractivity contribution >= 4 is 26.8 Å². The third kappa shape index (κ3) is 2.60. The molecule has 0 spiro atoms. The number of aromatic carboxylic acids is 1. The summed E-state index contributed by atoms with van der Waals surface area (Å²) in [6.07, 6.45) is -0.330. The Kier molecular flexibility index (Phi) is 3.87. The molecule has 122 valence electrons. The van der Waals surface area contributed by atoms with Crippen molar-refractivity contribution in [2.75, 3.05) is 6.54 Å². The van der Waals surface area contributed by atoms with Gasteiger partial charge in [-0.3, -0.25) is 0 Å². The summed E-state index contributed by atoms with van der Waals surface area (Å²) in [4.78, 5) is 11.4. The van der Waals surface area contributed by atoms with Gasteiger partial charge in [0.05, 0.1) is 16.6 Å². The van der Waals surface area contributed by atoms with Crippen LogP contribution in [0.15, 0.2) is 41.3 Å². The van der Waals surface area contributed by atoms with Crippen LogP contribution in [0.25, 0.3) is 10.8 Å². The van der Waals surface area contributed by atoms with Crippen LogP contribution in [0.5, 0.6) is 0 Å². The molecule has 0 saturated carbocycles. The van der Waals surface area contributed by atoms with Gasteiger partial charge in [-0.1, -0.05) is 24.3 Å². The van der Waals surface area contributed by atoms with E-state index in [9.17, 15) is 23.4 Å². The molecule has 0 aliphatic carbocycles. The van der Waals surface area contributed by atoms with Gasteiger partial charge < -0.3 is 10.2 Å². The van der Waals surface area contributed by atoms with Gasteiger partial charge in [0.2, 0.25) is 10.0 Å². The van der Waals surface area contributed by atoms with E-state index in [0.717, 1.165) is 0 Å². The summed E-state index contributed by atoms with van der Waals surface area (Å²) in [6, 6.07) is 8.92. The molecule has 1 fully saturated rings. The molecule has 0 amide bonds. The number of sulfonamides is 1. The van der Waals surface area contributed by atoms with Crippen LogP contribution in [0.3, 0.4) is 0 Å². The molecule has 0 bridgehead atoms. The molecule has 1 aliphatic heterocycles. The summed E-state index contributed by atoms with van der Waals surface area (Å²) in [6.45, 7) is 1.87. The van der Waals surface area contributed by atoms with Gasteiger partial charge in [0.15, 0.2) is 0 Å². The molecular weight excluding hydrogens is 318 g/mol. The summed E-state index contributed by atoms with van der Waals surface area (Å²) < 4.78 is 26.9. The number of rotatable bonds is 3. The lowest BCUT2D eigenvalue weighted by Gasteiger charge is -2.22. The molecule has 2 aromatic rings. The van der Waals surface area contributed by atoms with E-state index in [4.69, 9.17) is 0 Å². The zero-order chi connectivity index (χ0) is 16.8. The lowest BCUT2D eigenvalue weighted by molar-refractivity contribution is 0.0698. The zero-order valence-electron chi connectivity index (χ0n) is 12.5. The number of carbonyl (C=O) groups is 1. The van der Waals surface area contributed by atoms with Crippen LogP contribution in [-0.2, 0) is 10.0 Å². The first-order chi connectivity index (χ1) is 10.8. The molecule has 2 aromatic carbocycles. The van der Waals surface area contributed by atoms with Crippen LogP contribution < -0.4 is 0 Å². The summed E-state index contributed by atoms with van der Waals surface area (Å²) in [5.41, 5.74) is -0.0472. The Morgan fingerprint density at radius 1 is 1.26 bits per heavy atom. The molecule has 2 atom stereocenters. The van der Waals surface area contributed by atoms with E-state index in [1.165, 1.54) is 16.4 Å². The van der Waals surface area contributed by atoms with Gasteiger partial charge >= 0.3 is 5.97 Å². The highest BCUT2D eigenvalue weighted by molar-refractivity contribution is 7.89. The Bertz CT molecular complexity index is 877. The Morgan fingerprint density at radius 3 is 2.57 bits per heavy atom. The van der Waals surface area contributed by atoms with Gasteiger partial charge in [-0.15, -0.1) is 0 Å². The van der Waals surface area contributed by atoms with Crippen molar-refractivity contribution in [1.82, 2.24) is 4.31 Å². The van der Waals surface area contributed by atoms with Gasteiger partial charge in [-0.2, -0.15) is 4.31 Å². The second-order valence-corrected chi connectivity index (χ2v) is 7.60. The number of carboxylic acids is 1. The van der Waals surface area contributed by atoms with Gasteiger partial charge in [0.1, 0.15) is 0 Å². The number of hydrogen-bond donors (Lipinski definition) is 2. The number of nitrogens with zero attached hydrogens (tertiary/aromatic N) is 1. The fourth-order valence-corrected chi connectivity index (χ4v) is 4.72. The Labute approximate surface area is 134 Å². The minimum Gasteiger partial charge on any atom is -0.478 e. The maximum absolute atomic E-state index is 12.8. The highest BCUT2D eigenvalue weighted by atomic mass is 32.2. The first-order valence-corrected chi connectivity index (χ1v) is 8.72. The standard InChI is InChI=1S/C16H17NO5S/c1-10-15(18)6-7-17(10)23(21,22)12-8-11-4-2-3-5-13(11)14(9-12)16(19)20/h2-5,8-10,15,18H,6-7H2,1H3,(H,19,20)/t10-,15-/m1/s1. The van der Waals surface area contributed by atoms with Crippen molar-refractivity contribution in [3.8, 4) is 0 Å². The Hall–Kier alpha value is -1.96. The van der Waals surface area contributed by atoms with Crippen LogP contribution in [0.1, 0.15) is 23.7 Å². The number of fused-ring (bicyclic) bond motifs is 1. The molecule has 23 heavy (non-hydrogen) atoms. The number of aliphatic hydroxyl groups excluding tert-OH is 1. The van der Waals surface area contributed by atoms with Crippen molar-refractivity contribution in [2.45, 2.75) is 30.4 Å². The average Bonchev–Trinajstić information content (AvgIpc) is 2.86. The summed E-state index contributed by atoms with van der Waals surface area (Å²) in [7, 11) is -3.86. The number of hydrogen-bond acceptors (Lipinski definition) is 4. The molecule has 1 heterocycles. The van der Waals surface area contributed by atoms with E-state index in [2.05, 4.69) is 0 Å². The Balaban J connectivity index is 2.18. The number of carboxylic acid groups (broad SMARTS) is 1. The quantitative estimate of drug-likeness (QED) is 0.890. The van der Waals surface area contributed by atoms with Crippen molar-refractivity contribution < 1.29 is 23.4 Å². The zero-order valence-corrected chi connectivity index (χ0v) is 13.3. The number of benzene rings is 2. The molecule has 0 aromatic heterocycles. The molecule has 6 nitrogen and oxygen atoms in total. The third-order valence-corrected chi connectivity index (χ3v) is 6.29. The predicted octanol–water partition coefficient (Wildman–Crippen LogP) is 1.68. The summed E-state index contributed by atoms with van der Waals surface area (Å²) in [5, 5.41) is 20.2. The van der Waals surface area contributed by atoms with Gasteiger partial charge in [-0.05, 0) is 36.2 Å². The van der Waals surface area contributed by atoms with Gasteiger partial charge in [0.25, 0.3) is 0 Å². The number of aliphatic hydroxyl groups is 1. The van der Waals surface area contributed by atoms with E-state index in [1.807, 2.05) is 0 Å². The monoisotopic (exact) mass is 335 g/mol. The lowest BCUT2D eigenvalue weighted by atomic mass is 10.0. The van der Waals surface area contributed by atoms with E-state index < -0.39 is 28.1 Å². The molecule has 0 unspecified atom stereocenters. The van der Waals surface area contributed by atoms with Crippen LogP contribution in [0.4, 0.5) is 0 Å². The smallest absolute Gasteiger partial charge is 0.336 e. The normalized spacial score (nSPS) is 22.5. The molecule has 3 rings (SSSR count). The van der Waals surface area contributed by atoms with E-state index in [1.54, 1.807) is 31.2 Å². The highest BCUT2D eigenvalue weighted by Crippen LogP contribution is 2.30. The van der Waals surface area contributed by atoms with Crippen molar-refractivity contribution in [1.29, 1.82) is 0 Å². The molecule has 0 radical (unpaired) electrons. The van der Waals surface area contributed by atoms with Crippen molar-refractivity contribution in [3.05, 3.63) is 42.0 Å².